The Morgan fingerprint density at radius 3 is 2.60 bits per heavy atom. The number of carbonyl (C=O) groups excluding carboxylic acids is 1. The number of hydrogen-bond acceptors (Lipinski definition) is 4. The highest BCUT2D eigenvalue weighted by Crippen LogP contribution is 2.00. The molecule has 4 nitrogen and oxygen atoms in total. The zero-order chi connectivity index (χ0) is 11.1. The van der Waals surface area contributed by atoms with Gasteiger partial charge in [0.25, 0.3) is 0 Å². The largest absolute Gasteiger partial charge is 0.466 e. The molecule has 1 aromatic carbocycles. The van der Waals surface area contributed by atoms with Gasteiger partial charge in [-0.25, -0.2) is 4.79 Å². The molecule has 0 heterocycles. The van der Waals surface area contributed by atoms with E-state index < -0.39 is 5.97 Å². The van der Waals surface area contributed by atoms with E-state index in [-0.39, 0.29) is 6.61 Å². The van der Waals surface area contributed by atoms with Crippen molar-refractivity contribution < 1.29 is 14.4 Å². The fraction of sp³-hybridized carbons (Fsp3) is 0.273. The van der Waals surface area contributed by atoms with E-state index in [2.05, 4.69) is 9.89 Å². The van der Waals surface area contributed by atoms with Crippen molar-refractivity contribution in [3.05, 3.63) is 35.9 Å². The third kappa shape index (κ3) is 3.81. The molecule has 1 aromatic rings. The van der Waals surface area contributed by atoms with Gasteiger partial charge in [0.1, 0.15) is 0 Å². The monoisotopic (exact) mass is 207 g/mol. The van der Waals surface area contributed by atoms with Crippen molar-refractivity contribution in [2.75, 3.05) is 13.7 Å². The van der Waals surface area contributed by atoms with Crippen molar-refractivity contribution in [2.45, 2.75) is 6.92 Å². The second-order valence-electron chi connectivity index (χ2n) is 2.89. The quantitative estimate of drug-likeness (QED) is 0.428. The number of benzene rings is 1. The molecule has 0 N–H and O–H groups in total. The summed E-state index contributed by atoms with van der Waals surface area (Å²) in [5, 5.41) is 3.80. The van der Waals surface area contributed by atoms with Crippen molar-refractivity contribution in [2.24, 2.45) is 5.16 Å². The van der Waals surface area contributed by atoms with E-state index in [4.69, 9.17) is 4.84 Å². The van der Waals surface area contributed by atoms with Crippen molar-refractivity contribution in [1.82, 2.24) is 0 Å². The summed E-state index contributed by atoms with van der Waals surface area (Å²) in [6.45, 7) is 1.65. The number of rotatable bonds is 4. The van der Waals surface area contributed by atoms with Crippen LogP contribution in [0.25, 0.3) is 0 Å². The fourth-order valence-electron chi connectivity index (χ4n) is 0.973. The first-order valence-electron chi connectivity index (χ1n) is 4.53. The van der Waals surface area contributed by atoms with Gasteiger partial charge in [-0.2, -0.15) is 0 Å². The van der Waals surface area contributed by atoms with Crippen LogP contribution in [0, 0.1) is 0 Å². The highest BCUT2D eigenvalue weighted by atomic mass is 16.6. The Labute approximate surface area is 88.5 Å². The van der Waals surface area contributed by atoms with E-state index in [1.54, 1.807) is 0 Å². The topological polar surface area (TPSA) is 47.9 Å². The van der Waals surface area contributed by atoms with E-state index in [1.165, 1.54) is 7.11 Å². The van der Waals surface area contributed by atoms with Gasteiger partial charge in [0.05, 0.1) is 12.8 Å². The maximum absolute atomic E-state index is 10.7. The second kappa shape index (κ2) is 5.80. The molecule has 0 saturated heterocycles. The Hall–Kier alpha value is -1.84. The van der Waals surface area contributed by atoms with Crippen LogP contribution in [0.3, 0.4) is 0 Å². The van der Waals surface area contributed by atoms with Gasteiger partial charge in [0, 0.05) is 0 Å². The molecule has 1 rings (SSSR count). The maximum Gasteiger partial charge on any atom is 0.346 e. The minimum Gasteiger partial charge on any atom is -0.466 e. The summed E-state index contributed by atoms with van der Waals surface area (Å²) in [4.78, 5) is 15.5. The van der Waals surface area contributed by atoms with Gasteiger partial charge in [-0.3, -0.25) is 0 Å². The molecule has 4 heteroatoms. The first kappa shape index (κ1) is 11.2. The molecular formula is C11H13NO3. The third-order valence-electron chi connectivity index (χ3n) is 1.80. The lowest BCUT2D eigenvalue weighted by molar-refractivity contribution is -0.145. The van der Waals surface area contributed by atoms with Gasteiger partial charge < -0.3 is 9.57 Å². The number of ether oxygens (including phenoxy) is 1. The zero-order valence-electron chi connectivity index (χ0n) is 8.77. The molecule has 0 unspecified atom stereocenters. The molecule has 15 heavy (non-hydrogen) atoms. The Morgan fingerprint density at radius 1 is 1.33 bits per heavy atom. The number of carbonyl (C=O) groups is 1. The summed E-state index contributed by atoms with van der Waals surface area (Å²) >= 11 is 0. The minimum atomic E-state index is -0.445. The van der Waals surface area contributed by atoms with Gasteiger partial charge in [-0.15, -0.1) is 0 Å². The molecule has 0 aliphatic heterocycles. The summed E-state index contributed by atoms with van der Waals surface area (Å²) in [5.74, 6) is -0.445. The van der Waals surface area contributed by atoms with E-state index in [9.17, 15) is 4.79 Å². The molecule has 0 aromatic heterocycles. The van der Waals surface area contributed by atoms with E-state index in [0.29, 0.717) is 0 Å². The van der Waals surface area contributed by atoms with Crippen LogP contribution in [0.5, 0.6) is 0 Å². The lowest BCUT2D eigenvalue weighted by Crippen LogP contribution is -2.08. The number of hydrogen-bond donors (Lipinski definition) is 0. The number of nitrogens with zero attached hydrogens (tertiary/aromatic N) is 1. The Kier molecular flexibility index (Phi) is 4.34. The van der Waals surface area contributed by atoms with E-state index in [1.807, 2.05) is 37.3 Å². The molecular weight excluding hydrogens is 194 g/mol. The highest BCUT2D eigenvalue weighted by Gasteiger charge is 2.00. The summed E-state index contributed by atoms with van der Waals surface area (Å²) in [6.07, 6.45) is 0. The predicted octanol–water partition coefficient (Wildman–Crippen LogP) is 1.60. The molecule has 0 spiro atoms. The molecule has 0 saturated carbocycles. The average molecular weight is 207 g/mol. The summed E-state index contributed by atoms with van der Waals surface area (Å²) in [7, 11) is 1.31. The molecule has 0 atom stereocenters. The van der Waals surface area contributed by atoms with Crippen LogP contribution in [0.2, 0.25) is 0 Å². The number of oxime groups is 1. The van der Waals surface area contributed by atoms with Crippen LogP contribution >= 0.6 is 0 Å². The Morgan fingerprint density at radius 2 is 2.00 bits per heavy atom. The average Bonchev–Trinajstić information content (AvgIpc) is 2.29. The summed E-state index contributed by atoms with van der Waals surface area (Å²) < 4.78 is 4.40. The lowest BCUT2D eigenvalue weighted by Gasteiger charge is -2.01. The number of esters is 1. The first-order valence-corrected chi connectivity index (χ1v) is 4.53. The van der Waals surface area contributed by atoms with Crippen LogP contribution in [-0.2, 0) is 14.4 Å². The van der Waals surface area contributed by atoms with Gasteiger partial charge >= 0.3 is 5.97 Å². The number of methoxy groups -OCH3 is 1. The molecule has 0 radical (unpaired) electrons. The fourth-order valence-corrected chi connectivity index (χ4v) is 0.973. The smallest absolute Gasteiger partial charge is 0.346 e. The van der Waals surface area contributed by atoms with Crippen molar-refractivity contribution in [3.63, 3.8) is 0 Å². The second-order valence-corrected chi connectivity index (χ2v) is 2.89. The van der Waals surface area contributed by atoms with Gasteiger partial charge in [0.2, 0.25) is 6.61 Å². The Balaban J connectivity index is 2.50. The van der Waals surface area contributed by atoms with E-state index in [0.717, 1.165) is 11.3 Å². The van der Waals surface area contributed by atoms with Crippen LogP contribution in [-0.4, -0.2) is 25.4 Å². The van der Waals surface area contributed by atoms with Gasteiger partial charge in [0.15, 0.2) is 0 Å². The van der Waals surface area contributed by atoms with Crippen molar-refractivity contribution in [3.8, 4) is 0 Å². The van der Waals surface area contributed by atoms with Gasteiger partial charge in [-0.05, 0) is 12.5 Å². The molecule has 0 aliphatic carbocycles. The highest BCUT2D eigenvalue weighted by molar-refractivity contribution is 5.98. The SMILES string of the molecule is COC(=O)CO/N=C(\C)c1ccccc1. The molecule has 0 amide bonds. The molecule has 0 bridgehead atoms. The molecule has 0 fully saturated rings. The molecule has 0 aliphatic rings. The third-order valence-corrected chi connectivity index (χ3v) is 1.80. The normalized spacial score (nSPS) is 10.9. The predicted molar refractivity (Wildman–Crippen MR) is 56.6 cm³/mol. The van der Waals surface area contributed by atoms with Crippen LogP contribution < -0.4 is 0 Å². The maximum atomic E-state index is 10.7. The zero-order valence-corrected chi connectivity index (χ0v) is 8.77. The minimum absolute atomic E-state index is 0.166. The van der Waals surface area contributed by atoms with E-state index >= 15 is 0 Å². The van der Waals surface area contributed by atoms with Crippen LogP contribution in [0.1, 0.15) is 12.5 Å². The Bertz CT molecular complexity index is 346. The lowest BCUT2D eigenvalue weighted by atomic mass is 10.1. The summed E-state index contributed by atoms with van der Waals surface area (Å²) in [5.41, 5.74) is 1.68. The van der Waals surface area contributed by atoms with Crippen LogP contribution in [0.4, 0.5) is 0 Å². The first-order chi connectivity index (χ1) is 7.24. The van der Waals surface area contributed by atoms with Crippen molar-refractivity contribution >= 4 is 11.7 Å². The van der Waals surface area contributed by atoms with Gasteiger partial charge in [-0.1, -0.05) is 35.5 Å². The molecule has 80 valence electrons. The summed E-state index contributed by atoms with van der Waals surface area (Å²) in [6, 6.07) is 9.58. The van der Waals surface area contributed by atoms with Crippen molar-refractivity contribution in [1.29, 1.82) is 0 Å². The van der Waals surface area contributed by atoms with Crippen LogP contribution in [0.15, 0.2) is 35.5 Å². The standard InChI is InChI=1S/C11H13NO3/c1-9(10-6-4-3-5-7-10)12-15-8-11(13)14-2/h3-7H,8H2,1-2H3/b12-9+.